The van der Waals surface area contributed by atoms with E-state index in [2.05, 4.69) is 0 Å². The van der Waals surface area contributed by atoms with Crippen molar-refractivity contribution in [2.24, 2.45) is 0 Å². The van der Waals surface area contributed by atoms with Gasteiger partial charge in [0.15, 0.2) is 9.84 Å². The minimum atomic E-state index is -3.15. The van der Waals surface area contributed by atoms with Crippen LogP contribution < -0.4 is 0 Å². The first-order valence-corrected chi connectivity index (χ1v) is 9.89. The van der Waals surface area contributed by atoms with E-state index in [1.165, 1.54) is 0 Å². The van der Waals surface area contributed by atoms with Crippen molar-refractivity contribution < 1.29 is 23.1 Å². The second-order valence-corrected chi connectivity index (χ2v) is 9.73. The molecule has 1 N–H and O–H groups in total. The molecule has 1 amide bonds. The van der Waals surface area contributed by atoms with Crippen LogP contribution in [0.25, 0.3) is 0 Å². The molecule has 0 aromatic rings. The summed E-state index contributed by atoms with van der Waals surface area (Å²) in [7, 11) is -1.29. The summed E-state index contributed by atoms with van der Waals surface area (Å²) in [5.74, 6) is -0.143. The maximum atomic E-state index is 12.1. The molecule has 0 bridgehead atoms. The van der Waals surface area contributed by atoms with E-state index in [9.17, 15) is 18.3 Å². The zero-order chi connectivity index (χ0) is 17.4. The van der Waals surface area contributed by atoms with Gasteiger partial charge in [0.05, 0.1) is 23.7 Å². The van der Waals surface area contributed by atoms with Gasteiger partial charge in [0.2, 0.25) is 0 Å². The second kappa shape index (κ2) is 6.57. The molecular weight excluding hydrogens is 320 g/mol. The van der Waals surface area contributed by atoms with Crippen molar-refractivity contribution in [2.75, 3.05) is 31.6 Å². The quantitative estimate of drug-likeness (QED) is 0.781. The predicted molar refractivity (Wildman–Crippen MR) is 87.0 cm³/mol. The Kier molecular flexibility index (Phi) is 5.27. The third kappa shape index (κ3) is 4.81. The largest absolute Gasteiger partial charge is 0.444 e. The molecular formula is C15H28N2O5S. The van der Waals surface area contributed by atoms with Crippen LogP contribution in [0.2, 0.25) is 0 Å². The average molecular weight is 348 g/mol. The highest BCUT2D eigenvalue weighted by Crippen LogP contribution is 2.24. The van der Waals surface area contributed by atoms with Gasteiger partial charge < -0.3 is 14.7 Å². The number of nitrogens with zero attached hydrogens (tertiary/aromatic N) is 2. The minimum Gasteiger partial charge on any atom is -0.444 e. The van der Waals surface area contributed by atoms with E-state index in [1.54, 1.807) is 4.90 Å². The smallest absolute Gasteiger partial charge is 0.410 e. The maximum Gasteiger partial charge on any atom is 0.410 e. The molecule has 134 valence electrons. The van der Waals surface area contributed by atoms with Crippen molar-refractivity contribution in [3.05, 3.63) is 0 Å². The molecule has 2 atom stereocenters. The van der Waals surface area contributed by atoms with Crippen LogP contribution in [0, 0.1) is 0 Å². The third-order valence-electron chi connectivity index (χ3n) is 4.51. The fraction of sp³-hybridized carbons (Fsp3) is 0.933. The zero-order valence-electron chi connectivity index (χ0n) is 14.4. The van der Waals surface area contributed by atoms with Gasteiger partial charge in [0.1, 0.15) is 5.60 Å². The molecule has 23 heavy (non-hydrogen) atoms. The first kappa shape index (κ1) is 18.5. The van der Waals surface area contributed by atoms with Crippen LogP contribution in [0.1, 0.15) is 33.6 Å². The number of aliphatic hydroxyl groups is 1. The third-order valence-corrected chi connectivity index (χ3v) is 6.21. The van der Waals surface area contributed by atoms with Gasteiger partial charge in [-0.2, -0.15) is 0 Å². The Balaban J connectivity index is 1.88. The van der Waals surface area contributed by atoms with Crippen molar-refractivity contribution in [3.63, 3.8) is 0 Å². The molecule has 0 aliphatic carbocycles. The Bertz CT molecular complexity index is 535. The normalized spacial score (nSPS) is 29.0. The summed E-state index contributed by atoms with van der Waals surface area (Å²) in [5, 5.41) is 9.99. The first-order valence-electron chi connectivity index (χ1n) is 8.07. The molecule has 0 unspecified atom stereocenters. The van der Waals surface area contributed by atoms with Gasteiger partial charge in [0.25, 0.3) is 0 Å². The Morgan fingerprint density at radius 3 is 2.22 bits per heavy atom. The Labute approximate surface area is 138 Å². The molecule has 0 aromatic carbocycles. The van der Waals surface area contributed by atoms with E-state index >= 15 is 0 Å². The predicted octanol–water partition coefficient (Wildman–Crippen LogP) is 0.476. The van der Waals surface area contributed by atoms with Crippen molar-refractivity contribution in [3.8, 4) is 0 Å². The lowest BCUT2D eigenvalue weighted by Gasteiger charge is -2.40. The Morgan fingerprint density at radius 1 is 1.22 bits per heavy atom. The number of carbonyl (C=O) groups is 1. The highest BCUT2D eigenvalue weighted by molar-refractivity contribution is 7.91. The van der Waals surface area contributed by atoms with Gasteiger partial charge in [-0.25, -0.2) is 13.2 Å². The van der Waals surface area contributed by atoms with E-state index in [0.717, 1.165) is 12.8 Å². The summed E-state index contributed by atoms with van der Waals surface area (Å²) in [5.41, 5.74) is -0.507. The number of rotatable bonds is 2. The molecule has 0 aromatic heterocycles. The number of sulfone groups is 1. The number of carbonyl (C=O) groups excluding carboxylic acids is 1. The summed E-state index contributed by atoms with van der Waals surface area (Å²) in [6, 6.07) is -0.181. The molecule has 2 heterocycles. The van der Waals surface area contributed by atoms with E-state index in [-0.39, 0.29) is 29.7 Å². The fourth-order valence-corrected chi connectivity index (χ4v) is 5.11. The van der Waals surface area contributed by atoms with Gasteiger partial charge >= 0.3 is 6.09 Å². The van der Waals surface area contributed by atoms with Gasteiger partial charge in [-0.15, -0.1) is 0 Å². The van der Waals surface area contributed by atoms with E-state index < -0.39 is 21.5 Å². The number of piperidine rings is 1. The van der Waals surface area contributed by atoms with E-state index in [4.69, 9.17) is 4.74 Å². The molecule has 2 aliphatic heterocycles. The summed E-state index contributed by atoms with van der Waals surface area (Å²) in [6.45, 7) is 6.69. The second-order valence-electron chi connectivity index (χ2n) is 7.58. The van der Waals surface area contributed by atoms with Gasteiger partial charge in [-0.1, -0.05) is 0 Å². The number of hydrogen-bond acceptors (Lipinski definition) is 6. The average Bonchev–Trinajstić information content (AvgIpc) is 2.69. The summed E-state index contributed by atoms with van der Waals surface area (Å²) >= 11 is 0. The van der Waals surface area contributed by atoms with Crippen LogP contribution in [-0.2, 0) is 14.6 Å². The van der Waals surface area contributed by atoms with Crippen molar-refractivity contribution in [1.82, 2.24) is 9.80 Å². The standard InChI is InChI=1S/C15H28N2O5S/c1-15(2,3)22-14(19)17-7-5-11(6-8-17)16(4)12-9-23(20,21)10-13(12)18/h11-13,18H,5-10H2,1-4H3/t12-,13-/m1/s1. The number of hydrogen-bond donors (Lipinski definition) is 1. The topological polar surface area (TPSA) is 87.2 Å². The van der Waals surface area contributed by atoms with Crippen molar-refractivity contribution in [1.29, 1.82) is 0 Å². The molecule has 2 fully saturated rings. The highest BCUT2D eigenvalue weighted by atomic mass is 32.2. The Hall–Kier alpha value is -0.860. The van der Waals surface area contributed by atoms with Crippen molar-refractivity contribution >= 4 is 15.9 Å². The van der Waals surface area contributed by atoms with Crippen LogP contribution >= 0.6 is 0 Å². The molecule has 0 radical (unpaired) electrons. The molecule has 8 heteroatoms. The first-order chi connectivity index (χ1) is 10.5. The minimum absolute atomic E-state index is 0.0109. The van der Waals surface area contributed by atoms with Gasteiger partial charge in [-0.3, -0.25) is 4.90 Å². The summed E-state index contributed by atoms with van der Waals surface area (Å²) < 4.78 is 28.7. The van der Waals surface area contributed by atoms with Crippen LogP contribution in [0.4, 0.5) is 4.79 Å². The van der Waals surface area contributed by atoms with Crippen LogP contribution in [0.3, 0.4) is 0 Å². The highest BCUT2D eigenvalue weighted by Gasteiger charge is 2.41. The number of ether oxygens (including phenoxy) is 1. The van der Waals surface area contributed by atoms with Crippen LogP contribution in [0.5, 0.6) is 0 Å². The molecule has 7 nitrogen and oxygen atoms in total. The maximum absolute atomic E-state index is 12.1. The monoisotopic (exact) mass is 348 g/mol. The van der Waals surface area contributed by atoms with Gasteiger partial charge in [-0.05, 0) is 40.7 Å². The number of likely N-dealkylation sites (N-methyl/N-ethyl adjacent to an activating group) is 1. The lowest BCUT2D eigenvalue weighted by Crippen LogP contribution is -2.52. The number of amides is 1. The molecule has 2 rings (SSSR count). The van der Waals surface area contributed by atoms with Crippen LogP contribution in [-0.4, -0.2) is 84.8 Å². The molecule has 2 saturated heterocycles. The summed E-state index contributed by atoms with van der Waals surface area (Å²) in [6.07, 6.45) is 0.369. The van der Waals surface area contributed by atoms with Crippen LogP contribution in [0.15, 0.2) is 0 Å². The SMILES string of the molecule is CN(C1CCN(C(=O)OC(C)(C)C)CC1)[C@@H]1CS(=O)(=O)C[C@H]1O. The lowest BCUT2D eigenvalue weighted by molar-refractivity contribution is 0.00816. The Morgan fingerprint density at radius 2 is 1.78 bits per heavy atom. The summed E-state index contributed by atoms with van der Waals surface area (Å²) in [4.78, 5) is 15.7. The molecule has 0 saturated carbocycles. The molecule has 0 spiro atoms. The zero-order valence-corrected chi connectivity index (χ0v) is 15.2. The fourth-order valence-electron chi connectivity index (χ4n) is 3.25. The van der Waals surface area contributed by atoms with E-state index in [1.807, 2.05) is 32.7 Å². The van der Waals surface area contributed by atoms with Crippen molar-refractivity contribution in [2.45, 2.75) is 57.4 Å². The molecule has 2 aliphatic rings. The lowest BCUT2D eigenvalue weighted by atomic mass is 10.0. The number of likely N-dealkylation sites (tertiary alicyclic amines) is 1. The van der Waals surface area contributed by atoms with Gasteiger partial charge in [0, 0.05) is 19.1 Å². The number of aliphatic hydroxyl groups excluding tert-OH is 1. The van der Waals surface area contributed by atoms with E-state index in [0.29, 0.717) is 13.1 Å².